The second-order valence-corrected chi connectivity index (χ2v) is 8.39. The van der Waals surface area contributed by atoms with Gasteiger partial charge in [-0.2, -0.15) is 0 Å². The molecule has 0 saturated heterocycles. The smallest absolute Gasteiger partial charge is 0.148 e. The fourth-order valence-corrected chi connectivity index (χ4v) is 3.45. The number of sulfone groups is 1. The number of rotatable bonds is 6. The lowest BCUT2D eigenvalue weighted by atomic mass is 9.75. The summed E-state index contributed by atoms with van der Waals surface area (Å²) in [7, 11) is 1.42. The van der Waals surface area contributed by atoms with Gasteiger partial charge in [-0.3, -0.25) is 0 Å². The van der Waals surface area contributed by atoms with Crippen molar-refractivity contribution in [1.82, 2.24) is 10.2 Å². The van der Waals surface area contributed by atoms with Gasteiger partial charge in [-0.15, -0.1) is 0 Å². The van der Waals surface area contributed by atoms with Crippen LogP contribution in [-0.4, -0.2) is 58.1 Å². The van der Waals surface area contributed by atoms with Crippen molar-refractivity contribution in [3.05, 3.63) is 0 Å². The third kappa shape index (κ3) is 4.86. The van der Waals surface area contributed by atoms with Gasteiger partial charge in [0.05, 0.1) is 5.75 Å². The Hall–Kier alpha value is -0.130. The Balaban J connectivity index is 2.48. The van der Waals surface area contributed by atoms with Crippen LogP contribution in [0.5, 0.6) is 0 Å². The van der Waals surface area contributed by atoms with E-state index >= 15 is 0 Å². The molecule has 4 nitrogen and oxygen atoms in total. The van der Waals surface area contributed by atoms with E-state index in [1.165, 1.54) is 31.9 Å². The second-order valence-electron chi connectivity index (χ2n) is 6.13. The lowest BCUT2D eigenvalue weighted by molar-refractivity contribution is 0.0759. The van der Waals surface area contributed by atoms with Gasteiger partial charge in [0.25, 0.3) is 0 Å². The van der Waals surface area contributed by atoms with Gasteiger partial charge in [-0.25, -0.2) is 8.42 Å². The monoisotopic (exact) mass is 276 g/mol. The van der Waals surface area contributed by atoms with Crippen molar-refractivity contribution >= 4 is 9.84 Å². The first-order valence-corrected chi connectivity index (χ1v) is 8.87. The van der Waals surface area contributed by atoms with Crippen molar-refractivity contribution in [3.63, 3.8) is 0 Å². The van der Waals surface area contributed by atoms with Crippen molar-refractivity contribution in [2.75, 3.05) is 39.2 Å². The average Bonchev–Trinajstić information content (AvgIpc) is 2.23. The molecule has 0 aromatic carbocycles. The van der Waals surface area contributed by atoms with Gasteiger partial charge < -0.3 is 10.2 Å². The summed E-state index contributed by atoms with van der Waals surface area (Å²) in [6.45, 7) is 3.76. The standard InChI is InChI=1S/C13H28N2O2S/c1-12-6-5-7-13(10-12,15(2)3)11-14-8-9-18(4,16)17/h12,14H,5-11H2,1-4H3. The number of likely N-dealkylation sites (N-methyl/N-ethyl adjacent to an activating group) is 1. The Labute approximate surface area is 112 Å². The first-order valence-electron chi connectivity index (χ1n) is 6.81. The Morgan fingerprint density at radius 2 is 2.06 bits per heavy atom. The lowest BCUT2D eigenvalue weighted by Crippen LogP contribution is -2.54. The normalized spacial score (nSPS) is 29.7. The van der Waals surface area contributed by atoms with Gasteiger partial charge in [0.1, 0.15) is 9.84 Å². The maximum atomic E-state index is 11.1. The summed E-state index contributed by atoms with van der Waals surface area (Å²) in [5.74, 6) is 0.990. The molecule has 2 atom stereocenters. The van der Waals surface area contributed by atoms with Crippen LogP contribution in [0.2, 0.25) is 0 Å². The maximum Gasteiger partial charge on any atom is 0.148 e. The van der Waals surface area contributed by atoms with E-state index in [1.807, 2.05) is 0 Å². The topological polar surface area (TPSA) is 49.4 Å². The number of hydrogen-bond acceptors (Lipinski definition) is 4. The van der Waals surface area contributed by atoms with Gasteiger partial charge >= 0.3 is 0 Å². The van der Waals surface area contributed by atoms with Crippen molar-refractivity contribution in [2.45, 2.75) is 38.1 Å². The molecule has 1 rings (SSSR count). The molecule has 1 fully saturated rings. The molecular formula is C13H28N2O2S. The summed E-state index contributed by atoms with van der Waals surface area (Å²) in [5, 5.41) is 3.33. The molecule has 1 aliphatic rings. The number of hydrogen-bond donors (Lipinski definition) is 1. The summed E-state index contributed by atoms with van der Waals surface area (Å²) in [6.07, 6.45) is 6.28. The second kappa shape index (κ2) is 6.35. The molecule has 0 bridgehead atoms. The highest BCUT2D eigenvalue weighted by Crippen LogP contribution is 2.35. The lowest BCUT2D eigenvalue weighted by Gasteiger charge is -2.45. The third-order valence-corrected chi connectivity index (χ3v) is 5.07. The van der Waals surface area contributed by atoms with E-state index in [2.05, 4.69) is 31.2 Å². The van der Waals surface area contributed by atoms with Crippen molar-refractivity contribution in [3.8, 4) is 0 Å². The van der Waals surface area contributed by atoms with Crippen LogP contribution in [0.25, 0.3) is 0 Å². The molecule has 1 N–H and O–H groups in total. The van der Waals surface area contributed by atoms with Gasteiger partial charge in [0.15, 0.2) is 0 Å². The highest BCUT2D eigenvalue weighted by atomic mass is 32.2. The van der Waals surface area contributed by atoms with Crippen LogP contribution in [-0.2, 0) is 9.84 Å². The van der Waals surface area contributed by atoms with Crippen molar-refractivity contribution in [2.24, 2.45) is 5.92 Å². The van der Waals surface area contributed by atoms with E-state index in [9.17, 15) is 8.42 Å². The number of nitrogens with zero attached hydrogens (tertiary/aromatic N) is 1. The molecule has 0 heterocycles. The molecule has 2 unspecified atom stereocenters. The van der Waals surface area contributed by atoms with Crippen molar-refractivity contribution in [1.29, 1.82) is 0 Å². The molecule has 5 heteroatoms. The van der Waals surface area contributed by atoms with Gasteiger partial charge in [-0.05, 0) is 32.9 Å². The summed E-state index contributed by atoms with van der Waals surface area (Å²) in [4.78, 5) is 2.32. The molecule has 0 aliphatic heterocycles. The van der Waals surface area contributed by atoms with Crippen LogP contribution in [0, 0.1) is 5.92 Å². The van der Waals surface area contributed by atoms with E-state index in [-0.39, 0.29) is 11.3 Å². The summed E-state index contributed by atoms with van der Waals surface area (Å²) in [5.41, 5.74) is 0.204. The van der Waals surface area contributed by atoms with Crippen LogP contribution in [0.1, 0.15) is 32.6 Å². The zero-order chi connectivity index (χ0) is 13.8. The summed E-state index contributed by atoms with van der Waals surface area (Å²) in [6, 6.07) is 0. The number of nitrogens with one attached hydrogen (secondary N) is 1. The molecule has 0 amide bonds. The molecule has 18 heavy (non-hydrogen) atoms. The minimum atomic E-state index is -2.85. The predicted octanol–water partition coefficient (Wildman–Crippen LogP) is 1.13. The fraction of sp³-hybridized carbons (Fsp3) is 1.00. The molecule has 0 aromatic heterocycles. The van der Waals surface area contributed by atoms with Crippen molar-refractivity contribution < 1.29 is 8.42 Å². The fourth-order valence-electron chi connectivity index (χ4n) is 2.94. The Kier molecular flexibility index (Phi) is 5.62. The Morgan fingerprint density at radius 1 is 1.39 bits per heavy atom. The molecule has 108 valence electrons. The van der Waals surface area contributed by atoms with Crippen LogP contribution >= 0.6 is 0 Å². The quantitative estimate of drug-likeness (QED) is 0.739. The molecule has 0 spiro atoms. The minimum absolute atomic E-state index is 0.204. The predicted molar refractivity (Wildman–Crippen MR) is 76.6 cm³/mol. The summed E-state index contributed by atoms with van der Waals surface area (Å²) < 4.78 is 22.2. The van der Waals surface area contributed by atoms with E-state index in [0.29, 0.717) is 6.54 Å². The highest BCUT2D eigenvalue weighted by molar-refractivity contribution is 7.90. The third-order valence-electron chi connectivity index (χ3n) is 4.12. The summed E-state index contributed by atoms with van der Waals surface area (Å²) >= 11 is 0. The van der Waals surface area contributed by atoms with Gasteiger partial charge in [0, 0.05) is 24.9 Å². The van der Waals surface area contributed by atoms with Crippen LogP contribution in [0.3, 0.4) is 0 Å². The van der Waals surface area contributed by atoms with Gasteiger partial charge in [0.2, 0.25) is 0 Å². The van der Waals surface area contributed by atoms with Gasteiger partial charge in [-0.1, -0.05) is 19.8 Å². The largest absolute Gasteiger partial charge is 0.314 e. The van der Waals surface area contributed by atoms with Crippen LogP contribution < -0.4 is 5.32 Å². The molecule has 0 aromatic rings. The first-order chi connectivity index (χ1) is 8.25. The Morgan fingerprint density at radius 3 is 2.56 bits per heavy atom. The minimum Gasteiger partial charge on any atom is -0.314 e. The average molecular weight is 276 g/mol. The van der Waals surface area contributed by atoms with Crippen LogP contribution in [0.15, 0.2) is 0 Å². The molecule has 0 radical (unpaired) electrons. The van der Waals surface area contributed by atoms with E-state index in [4.69, 9.17) is 0 Å². The molecule has 1 aliphatic carbocycles. The molecule has 1 saturated carbocycles. The Bertz CT molecular complexity index is 354. The highest BCUT2D eigenvalue weighted by Gasteiger charge is 2.36. The van der Waals surface area contributed by atoms with Crippen LogP contribution in [0.4, 0.5) is 0 Å². The zero-order valence-corrected chi connectivity index (χ0v) is 13.0. The van der Waals surface area contributed by atoms with E-state index < -0.39 is 9.84 Å². The SMILES string of the molecule is CC1CCCC(CNCCS(C)(=O)=O)(N(C)C)C1. The zero-order valence-electron chi connectivity index (χ0n) is 12.2. The molecular weight excluding hydrogens is 248 g/mol. The first kappa shape index (κ1) is 15.9. The van der Waals surface area contributed by atoms with E-state index in [0.717, 1.165) is 12.5 Å². The van der Waals surface area contributed by atoms with E-state index in [1.54, 1.807) is 0 Å². The maximum absolute atomic E-state index is 11.1.